The number of nitrogens with one attached hydrogen (secondary N) is 1. The number of aromatic nitrogens is 2. The zero-order valence-corrected chi connectivity index (χ0v) is 10.7. The lowest BCUT2D eigenvalue weighted by Crippen LogP contribution is -2.23. The van der Waals surface area contributed by atoms with E-state index >= 15 is 0 Å². The minimum atomic E-state index is -0.819. The summed E-state index contributed by atoms with van der Waals surface area (Å²) in [6, 6.07) is 1.55. The van der Waals surface area contributed by atoms with E-state index in [0.717, 1.165) is 12.8 Å². The highest BCUT2D eigenvalue weighted by molar-refractivity contribution is 5.68. The third kappa shape index (κ3) is 4.99. The summed E-state index contributed by atoms with van der Waals surface area (Å²) in [6.45, 7) is 4.42. The maximum atomic E-state index is 10.7. The van der Waals surface area contributed by atoms with Crippen molar-refractivity contribution in [2.75, 3.05) is 11.9 Å². The molecule has 18 heavy (non-hydrogen) atoms. The molecule has 0 amide bonds. The highest BCUT2D eigenvalue weighted by Crippen LogP contribution is 2.14. The van der Waals surface area contributed by atoms with Crippen molar-refractivity contribution >= 4 is 11.8 Å². The van der Waals surface area contributed by atoms with Gasteiger partial charge in [0.2, 0.25) is 5.88 Å². The van der Waals surface area contributed by atoms with Crippen molar-refractivity contribution in [3.05, 3.63) is 12.4 Å². The van der Waals surface area contributed by atoms with Crippen molar-refractivity contribution in [3.8, 4) is 5.88 Å². The summed E-state index contributed by atoms with van der Waals surface area (Å²) >= 11 is 0. The van der Waals surface area contributed by atoms with Crippen LogP contribution >= 0.6 is 0 Å². The van der Waals surface area contributed by atoms with Crippen LogP contribution in [0, 0.1) is 0 Å². The monoisotopic (exact) mass is 253 g/mol. The molecule has 0 spiro atoms. The maximum Gasteiger partial charge on any atom is 0.305 e. The summed E-state index contributed by atoms with van der Waals surface area (Å²) in [5, 5.41) is 11.9. The maximum absolute atomic E-state index is 10.7. The number of carboxylic acids is 1. The highest BCUT2D eigenvalue weighted by Gasteiger charge is 2.13. The third-order valence-corrected chi connectivity index (χ3v) is 2.34. The fourth-order valence-corrected chi connectivity index (χ4v) is 1.64. The van der Waals surface area contributed by atoms with Crippen molar-refractivity contribution < 1.29 is 14.6 Å². The molecule has 1 heterocycles. The molecule has 1 aromatic heterocycles. The van der Waals surface area contributed by atoms with E-state index in [2.05, 4.69) is 15.3 Å². The van der Waals surface area contributed by atoms with Crippen LogP contribution in [0.1, 0.15) is 33.1 Å². The average molecular weight is 253 g/mol. The Morgan fingerprint density at radius 3 is 2.89 bits per heavy atom. The van der Waals surface area contributed by atoms with E-state index in [1.54, 1.807) is 6.07 Å². The Kier molecular flexibility index (Phi) is 5.90. The Balaban J connectivity index is 2.67. The molecule has 0 aliphatic carbocycles. The Morgan fingerprint density at radius 2 is 2.28 bits per heavy atom. The summed E-state index contributed by atoms with van der Waals surface area (Å²) in [7, 11) is 0. The van der Waals surface area contributed by atoms with E-state index in [1.807, 2.05) is 13.8 Å². The van der Waals surface area contributed by atoms with Gasteiger partial charge in [0.15, 0.2) is 0 Å². The fraction of sp³-hybridized carbons (Fsp3) is 0.583. The smallest absolute Gasteiger partial charge is 0.305 e. The minimum Gasteiger partial charge on any atom is -0.481 e. The molecular weight excluding hydrogens is 234 g/mol. The summed E-state index contributed by atoms with van der Waals surface area (Å²) in [6.07, 6.45) is 3.16. The van der Waals surface area contributed by atoms with Crippen LogP contribution < -0.4 is 10.1 Å². The van der Waals surface area contributed by atoms with Gasteiger partial charge in [-0.15, -0.1) is 0 Å². The van der Waals surface area contributed by atoms with Crippen LogP contribution in [-0.4, -0.2) is 33.7 Å². The Morgan fingerprint density at radius 1 is 1.50 bits per heavy atom. The van der Waals surface area contributed by atoms with Crippen molar-refractivity contribution in [3.63, 3.8) is 0 Å². The second-order valence-corrected chi connectivity index (χ2v) is 3.90. The molecule has 0 aliphatic rings. The fourth-order valence-electron chi connectivity index (χ4n) is 1.64. The standard InChI is InChI=1S/C12H19N3O3/c1-3-5-9(6-12(16)17)15-10-7-11(18-4-2)14-8-13-10/h7-9H,3-6H2,1-2H3,(H,16,17)(H,13,14,15). The van der Waals surface area contributed by atoms with E-state index in [9.17, 15) is 4.79 Å². The molecule has 0 radical (unpaired) electrons. The van der Waals surface area contributed by atoms with E-state index in [-0.39, 0.29) is 12.5 Å². The van der Waals surface area contributed by atoms with Crippen LogP contribution in [0.25, 0.3) is 0 Å². The lowest BCUT2D eigenvalue weighted by molar-refractivity contribution is -0.137. The number of aliphatic carboxylic acids is 1. The number of anilines is 1. The van der Waals surface area contributed by atoms with Crippen LogP contribution in [-0.2, 0) is 4.79 Å². The second-order valence-electron chi connectivity index (χ2n) is 3.90. The van der Waals surface area contributed by atoms with Gasteiger partial charge < -0.3 is 15.2 Å². The van der Waals surface area contributed by atoms with Gasteiger partial charge in [-0.2, -0.15) is 0 Å². The Labute approximate surface area is 106 Å². The number of carbonyl (C=O) groups is 1. The van der Waals surface area contributed by atoms with E-state index < -0.39 is 5.97 Å². The largest absolute Gasteiger partial charge is 0.481 e. The first-order valence-corrected chi connectivity index (χ1v) is 6.08. The van der Waals surface area contributed by atoms with Gasteiger partial charge in [0.1, 0.15) is 12.1 Å². The molecule has 0 bridgehead atoms. The molecular formula is C12H19N3O3. The summed E-state index contributed by atoms with van der Waals surface area (Å²) in [5.41, 5.74) is 0. The lowest BCUT2D eigenvalue weighted by Gasteiger charge is -2.16. The summed E-state index contributed by atoms with van der Waals surface area (Å²) in [5.74, 6) is 0.258. The first kappa shape index (κ1) is 14.2. The van der Waals surface area contributed by atoms with Gasteiger partial charge in [0.25, 0.3) is 0 Å². The van der Waals surface area contributed by atoms with E-state index in [0.29, 0.717) is 18.3 Å². The van der Waals surface area contributed by atoms with E-state index in [1.165, 1.54) is 6.33 Å². The van der Waals surface area contributed by atoms with Crippen LogP contribution in [0.4, 0.5) is 5.82 Å². The highest BCUT2D eigenvalue weighted by atomic mass is 16.5. The van der Waals surface area contributed by atoms with Crippen molar-refractivity contribution in [2.24, 2.45) is 0 Å². The number of nitrogens with zero attached hydrogens (tertiary/aromatic N) is 2. The third-order valence-electron chi connectivity index (χ3n) is 2.34. The first-order chi connectivity index (χ1) is 8.65. The molecule has 1 rings (SSSR count). The molecule has 1 atom stereocenters. The lowest BCUT2D eigenvalue weighted by atomic mass is 10.1. The van der Waals surface area contributed by atoms with Gasteiger partial charge in [0, 0.05) is 12.1 Å². The first-order valence-electron chi connectivity index (χ1n) is 6.08. The SMILES string of the molecule is CCCC(CC(=O)O)Nc1cc(OCC)ncn1. The molecule has 6 nitrogen and oxygen atoms in total. The molecule has 0 aliphatic heterocycles. The van der Waals surface area contributed by atoms with Gasteiger partial charge in [-0.25, -0.2) is 9.97 Å². The predicted molar refractivity (Wildman–Crippen MR) is 67.8 cm³/mol. The predicted octanol–water partition coefficient (Wildman–Crippen LogP) is 1.93. The summed E-state index contributed by atoms with van der Waals surface area (Å²) < 4.78 is 5.26. The zero-order valence-electron chi connectivity index (χ0n) is 10.7. The molecule has 6 heteroatoms. The molecule has 0 saturated heterocycles. The molecule has 1 unspecified atom stereocenters. The Bertz CT molecular complexity index is 385. The van der Waals surface area contributed by atoms with Gasteiger partial charge in [-0.1, -0.05) is 13.3 Å². The van der Waals surface area contributed by atoms with Gasteiger partial charge in [-0.05, 0) is 13.3 Å². The minimum absolute atomic E-state index is 0.0712. The normalized spacial score (nSPS) is 11.9. The zero-order chi connectivity index (χ0) is 13.4. The number of rotatable bonds is 8. The second kappa shape index (κ2) is 7.47. The van der Waals surface area contributed by atoms with Crippen LogP contribution in [0.2, 0.25) is 0 Å². The molecule has 100 valence electrons. The quantitative estimate of drug-likeness (QED) is 0.736. The average Bonchev–Trinajstić information content (AvgIpc) is 2.29. The number of hydrogen-bond acceptors (Lipinski definition) is 5. The number of carboxylic acid groups (broad SMARTS) is 1. The van der Waals surface area contributed by atoms with Crippen LogP contribution in [0.15, 0.2) is 12.4 Å². The van der Waals surface area contributed by atoms with Gasteiger partial charge in [0.05, 0.1) is 13.0 Å². The van der Waals surface area contributed by atoms with Crippen LogP contribution in [0.3, 0.4) is 0 Å². The Hall–Kier alpha value is -1.85. The van der Waals surface area contributed by atoms with Gasteiger partial charge >= 0.3 is 5.97 Å². The van der Waals surface area contributed by atoms with Gasteiger partial charge in [-0.3, -0.25) is 4.79 Å². The van der Waals surface area contributed by atoms with Crippen molar-refractivity contribution in [1.29, 1.82) is 0 Å². The molecule has 2 N–H and O–H groups in total. The molecule has 0 fully saturated rings. The molecule has 0 saturated carbocycles. The van der Waals surface area contributed by atoms with Crippen LogP contribution in [0.5, 0.6) is 5.88 Å². The van der Waals surface area contributed by atoms with E-state index in [4.69, 9.17) is 9.84 Å². The van der Waals surface area contributed by atoms with Crippen molar-refractivity contribution in [1.82, 2.24) is 9.97 Å². The summed E-state index contributed by atoms with van der Waals surface area (Å²) in [4.78, 5) is 18.8. The topological polar surface area (TPSA) is 84.3 Å². The van der Waals surface area contributed by atoms with Crippen molar-refractivity contribution in [2.45, 2.75) is 39.2 Å². The number of hydrogen-bond donors (Lipinski definition) is 2. The molecule has 0 aromatic carbocycles. The number of ether oxygens (including phenoxy) is 1. The molecule has 1 aromatic rings.